The number of benzene rings is 2. The van der Waals surface area contributed by atoms with Crippen molar-refractivity contribution >= 4 is 45.6 Å². The van der Waals surface area contributed by atoms with Crippen LogP contribution in [0.1, 0.15) is 18.9 Å². The molecule has 1 saturated carbocycles. The van der Waals surface area contributed by atoms with Gasteiger partial charge in [0.15, 0.2) is 9.84 Å². The molecule has 0 amide bonds. The molecule has 0 aliphatic heterocycles. The number of hydrogen-bond acceptors (Lipinski definition) is 6. The van der Waals surface area contributed by atoms with Crippen LogP contribution in [0.15, 0.2) is 67.8 Å². The molecule has 9 nitrogen and oxygen atoms in total. The number of anilines is 2. The molecular weight excluding hydrogens is 486 g/mol. The number of aryl methyl sites for hydroxylation is 1. The second kappa shape index (κ2) is 8.33. The Balaban J connectivity index is 1.87. The van der Waals surface area contributed by atoms with Crippen molar-refractivity contribution in [2.45, 2.75) is 23.8 Å². The molecule has 1 N–H and O–H groups in total. The molecule has 2 aromatic carbocycles. The van der Waals surface area contributed by atoms with Crippen LogP contribution in [0.4, 0.5) is 15.8 Å². The first kappa shape index (κ1) is 23.8. The van der Waals surface area contributed by atoms with E-state index in [0.29, 0.717) is 12.8 Å². The van der Waals surface area contributed by atoms with Crippen molar-refractivity contribution in [3.8, 4) is 5.69 Å². The van der Waals surface area contributed by atoms with Crippen LogP contribution in [0.3, 0.4) is 0 Å². The molecule has 1 aliphatic carbocycles. The fourth-order valence-corrected chi connectivity index (χ4v) is 4.80. The van der Waals surface area contributed by atoms with E-state index in [2.05, 4.69) is 5.32 Å². The Morgan fingerprint density at radius 3 is 2.25 bits per heavy atom. The first-order chi connectivity index (χ1) is 17.0. The second-order valence-electron chi connectivity index (χ2n) is 8.81. The summed E-state index contributed by atoms with van der Waals surface area (Å²) in [7, 11) is 3.56. The Labute approximate surface area is 205 Å². The van der Waals surface area contributed by atoms with Gasteiger partial charge >= 0.3 is 5.69 Å². The molecule has 5 rings (SSSR count). The molecule has 2 radical (unpaired) electrons. The molecule has 2 heterocycles. The number of nitrogens with one attached hydrogen (secondary N) is 1. The number of rotatable bonds is 5. The van der Waals surface area contributed by atoms with E-state index in [0.717, 1.165) is 21.5 Å². The highest BCUT2D eigenvalue weighted by molar-refractivity contribution is 7.90. The Bertz CT molecular complexity index is 1840. The molecular formula is C24H20BFN4O5S. The number of fused-ring (bicyclic) bond motifs is 1. The van der Waals surface area contributed by atoms with Gasteiger partial charge in [0.05, 0.1) is 22.0 Å². The quantitative estimate of drug-likeness (QED) is 0.408. The van der Waals surface area contributed by atoms with Crippen LogP contribution in [0.25, 0.3) is 16.7 Å². The molecule has 1 fully saturated rings. The van der Waals surface area contributed by atoms with Crippen molar-refractivity contribution in [2.24, 2.45) is 7.05 Å². The third-order valence-electron chi connectivity index (χ3n) is 6.15. The van der Waals surface area contributed by atoms with E-state index in [1.807, 2.05) is 0 Å². The lowest BCUT2D eigenvalue weighted by atomic mass is 9.96. The smallest absolute Gasteiger partial charge is 0.337 e. The number of aromatic nitrogens is 3. The fraction of sp³-hybridized carbons (Fsp3) is 0.208. The van der Waals surface area contributed by atoms with Crippen molar-refractivity contribution in [1.29, 1.82) is 0 Å². The molecule has 0 bridgehead atoms. The number of halogens is 1. The van der Waals surface area contributed by atoms with Crippen LogP contribution in [0, 0.1) is 5.82 Å². The van der Waals surface area contributed by atoms with Crippen LogP contribution in [0.5, 0.6) is 0 Å². The van der Waals surface area contributed by atoms with E-state index in [1.54, 1.807) is 0 Å². The summed E-state index contributed by atoms with van der Waals surface area (Å²) in [6.07, 6.45) is 2.33. The summed E-state index contributed by atoms with van der Waals surface area (Å²) in [6.45, 7) is 0. The monoisotopic (exact) mass is 506 g/mol. The van der Waals surface area contributed by atoms with Crippen molar-refractivity contribution in [3.63, 3.8) is 0 Å². The molecule has 1 aliphatic rings. The Hall–Kier alpha value is -3.93. The topological polar surface area (TPSA) is 112 Å². The Kier molecular flexibility index (Phi) is 5.51. The van der Waals surface area contributed by atoms with E-state index in [4.69, 9.17) is 7.85 Å². The molecule has 0 saturated heterocycles. The third kappa shape index (κ3) is 3.97. The molecule has 182 valence electrons. The number of sulfone groups is 1. The van der Waals surface area contributed by atoms with Gasteiger partial charge in [0.25, 0.3) is 11.1 Å². The molecule has 0 atom stereocenters. The van der Waals surface area contributed by atoms with Crippen LogP contribution in [-0.4, -0.2) is 36.2 Å². The minimum atomic E-state index is -3.49. The molecule has 0 spiro atoms. The zero-order valence-electron chi connectivity index (χ0n) is 19.4. The van der Waals surface area contributed by atoms with E-state index < -0.39 is 32.5 Å². The van der Waals surface area contributed by atoms with Gasteiger partial charge in [-0.05, 0) is 49.2 Å². The van der Waals surface area contributed by atoms with Crippen molar-refractivity contribution in [2.75, 3.05) is 11.6 Å². The standard InChI is InChI=1S/C24H20BFN4O5S/c1-28-20(31)12-19(27-18-10-3-13(25)11-17(18)26)21-22(28)29(24(33)30(23(21)32)15-4-5-15)14-6-8-16(9-7-14)36(2,34)35/h3,6-12,15,27H,4-5H2,1-2H3. The van der Waals surface area contributed by atoms with Crippen LogP contribution >= 0.6 is 0 Å². The van der Waals surface area contributed by atoms with Gasteiger partial charge in [-0.2, -0.15) is 0 Å². The minimum Gasteiger partial charge on any atom is -0.352 e. The van der Waals surface area contributed by atoms with Gasteiger partial charge in [-0.25, -0.2) is 22.2 Å². The third-order valence-corrected chi connectivity index (χ3v) is 7.28. The van der Waals surface area contributed by atoms with Gasteiger partial charge in [-0.15, -0.1) is 0 Å². The molecule has 2 aromatic heterocycles. The van der Waals surface area contributed by atoms with E-state index in [-0.39, 0.29) is 44.5 Å². The first-order valence-corrected chi connectivity index (χ1v) is 12.9. The Morgan fingerprint density at radius 1 is 1.00 bits per heavy atom. The summed E-state index contributed by atoms with van der Waals surface area (Å²) >= 11 is 0. The average Bonchev–Trinajstić information content (AvgIpc) is 3.63. The summed E-state index contributed by atoms with van der Waals surface area (Å²) in [6, 6.07) is 10.4. The highest BCUT2D eigenvalue weighted by Gasteiger charge is 2.31. The molecule has 4 aromatic rings. The maximum absolute atomic E-state index is 14.6. The first-order valence-electron chi connectivity index (χ1n) is 11.0. The minimum absolute atomic E-state index is 0.00649. The van der Waals surface area contributed by atoms with Crippen molar-refractivity contribution in [3.05, 3.63) is 85.5 Å². The number of pyridine rings is 1. The summed E-state index contributed by atoms with van der Waals surface area (Å²) in [4.78, 5) is 40.2. The lowest BCUT2D eigenvalue weighted by Crippen LogP contribution is -2.41. The lowest BCUT2D eigenvalue weighted by Gasteiger charge is -2.19. The van der Waals surface area contributed by atoms with E-state index in [9.17, 15) is 27.2 Å². The van der Waals surface area contributed by atoms with E-state index in [1.165, 1.54) is 54.1 Å². The van der Waals surface area contributed by atoms with Gasteiger partial charge in [0.1, 0.15) is 24.7 Å². The van der Waals surface area contributed by atoms with Crippen LogP contribution in [0.2, 0.25) is 0 Å². The predicted octanol–water partition coefficient (Wildman–Crippen LogP) is 1.27. The summed E-state index contributed by atoms with van der Waals surface area (Å²) in [5, 5.41) is 2.82. The molecule has 36 heavy (non-hydrogen) atoms. The summed E-state index contributed by atoms with van der Waals surface area (Å²) < 4.78 is 41.9. The summed E-state index contributed by atoms with van der Waals surface area (Å²) in [5.41, 5.74) is -1.36. The maximum atomic E-state index is 14.6. The van der Waals surface area contributed by atoms with E-state index >= 15 is 0 Å². The maximum Gasteiger partial charge on any atom is 0.337 e. The number of nitrogens with zero attached hydrogens (tertiary/aromatic N) is 3. The van der Waals surface area contributed by atoms with Gasteiger partial charge in [0.2, 0.25) is 0 Å². The van der Waals surface area contributed by atoms with Gasteiger partial charge < -0.3 is 5.32 Å². The average molecular weight is 506 g/mol. The molecule has 0 unspecified atom stereocenters. The summed E-state index contributed by atoms with van der Waals surface area (Å²) in [5.74, 6) is -0.684. The Morgan fingerprint density at radius 2 is 1.67 bits per heavy atom. The normalized spacial score (nSPS) is 13.8. The van der Waals surface area contributed by atoms with Gasteiger partial charge in [0, 0.05) is 25.4 Å². The SMILES string of the molecule is [B]c1ccc(Nc2cc(=O)n(C)c3c2c(=O)n(C2CC2)c(=O)n3-c2ccc(S(C)(=O)=O)cc2)c(F)c1. The van der Waals surface area contributed by atoms with Crippen molar-refractivity contribution < 1.29 is 12.8 Å². The zero-order chi connectivity index (χ0) is 25.9. The largest absolute Gasteiger partial charge is 0.352 e. The number of hydrogen-bond donors (Lipinski definition) is 1. The van der Waals surface area contributed by atoms with Gasteiger partial charge in [-0.1, -0.05) is 11.5 Å². The highest BCUT2D eigenvalue weighted by atomic mass is 32.2. The zero-order valence-corrected chi connectivity index (χ0v) is 20.2. The fourth-order valence-electron chi connectivity index (χ4n) is 4.17. The van der Waals surface area contributed by atoms with Crippen LogP contribution < -0.4 is 27.6 Å². The van der Waals surface area contributed by atoms with Gasteiger partial charge in [-0.3, -0.25) is 18.7 Å². The molecule has 12 heteroatoms. The van der Waals surface area contributed by atoms with Crippen molar-refractivity contribution in [1.82, 2.24) is 13.7 Å². The highest BCUT2D eigenvalue weighted by Crippen LogP contribution is 2.33. The van der Waals surface area contributed by atoms with Crippen LogP contribution in [-0.2, 0) is 16.9 Å². The second-order valence-corrected chi connectivity index (χ2v) is 10.8. The lowest BCUT2D eigenvalue weighted by molar-refractivity contribution is 0.602. The predicted molar refractivity (Wildman–Crippen MR) is 135 cm³/mol.